The molecule has 0 radical (unpaired) electrons. The molecule has 0 saturated heterocycles. The minimum absolute atomic E-state index is 0.134. The molecule has 0 spiro atoms. The van der Waals surface area contributed by atoms with Crippen LogP contribution in [-0.4, -0.2) is 20.7 Å². The molecule has 1 amide bonds. The number of carbonyl (C=O) groups excluding carboxylic acids is 1. The number of amides is 1. The standard InChI is InChI=1S/C19H17ClN4O2/c20-15-3-1-4-16(13-15)22-18(25)5-2-12-24-19(26)7-6-17(23-24)14-8-10-21-11-9-14/h1,3-4,6-11,13H,2,5,12H2,(H,22,25). The van der Waals surface area contributed by atoms with Crippen LogP contribution in [0.5, 0.6) is 0 Å². The highest BCUT2D eigenvalue weighted by Gasteiger charge is 2.06. The topological polar surface area (TPSA) is 76.9 Å². The van der Waals surface area contributed by atoms with E-state index in [0.717, 1.165) is 5.56 Å². The fourth-order valence-electron chi connectivity index (χ4n) is 2.46. The lowest BCUT2D eigenvalue weighted by molar-refractivity contribution is -0.116. The van der Waals surface area contributed by atoms with E-state index in [-0.39, 0.29) is 17.9 Å². The van der Waals surface area contributed by atoms with Gasteiger partial charge in [0.05, 0.1) is 5.69 Å². The van der Waals surface area contributed by atoms with E-state index in [1.54, 1.807) is 42.7 Å². The van der Waals surface area contributed by atoms with E-state index in [9.17, 15) is 9.59 Å². The molecule has 0 atom stereocenters. The highest BCUT2D eigenvalue weighted by atomic mass is 35.5. The van der Waals surface area contributed by atoms with Crippen molar-refractivity contribution in [3.63, 3.8) is 0 Å². The first kappa shape index (κ1) is 17.8. The zero-order valence-corrected chi connectivity index (χ0v) is 14.7. The number of hydrogen-bond donors (Lipinski definition) is 1. The van der Waals surface area contributed by atoms with Crippen molar-refractivity contribution in [1.29, 1.82) is 0 Å². The number of halogens is 1. The predicted molar refractivity (Wildman–Crippen MR) is 101 cm³/mol. The van der Waals surface area contributed by atoms with Crippen molar-refractivity contribution in [2.75, 3.05) is 5.32 Å². The summed E-state index contributed by atoms with van der Waals surface area (Å²) in [6.45, 7) is 0.362. The largest absolute Gasteiger partial charge is 0.326 e. The third-order valence-corrected chi connectivity index (χ3v) is 3.96. The summed E-state index contributed by atoms with van der Waals surface area (Å²) in [5, 5.41) is 7.71. The highest BCUT2D eigenvalue weighted by molar-refractivity contribution is 6.30. The molecular weight excluding hydrogens is 352 g/mol. The Kier molecular flexibility index (Phi) is 5.76. The molecule has 0 aliphatic carbocycles. The predicted octanol–water partition coefficient (Wildman–Crippen LogP) is 3.38. The molecule has 0 saturated carbocycles. The molecule has 3 aromatic rings. The molecular formula is C19H17ClN4O2. The number of benzene rings is 1. The van der Waals surface area contributed by atoms with E-state index in [1.807, 2.05) is 12.1 Å². The Hall–Kier alpha value is -2.99. The lowest BCUT2D eigenvalue weighted by Gasteiger charge is -2.08. The maximum Gasteiger partial charge on any atom is 0.266 e. The molecule has 7 heteroatoms. The molecule has 0 unspecified atom stereocenters. The van der Waals surface area contributed by atoms with Crippen molar-refractivity contribution in [3.8, 4) is 11.3 Å². The minimum Gasteiger partial charge on any atom is -0.326 e. The van der Waals surface area contributed by atoms with Crippen molar-refractivity contribution < 1.29 is 4.79 Å². The average Bonchev–Trinajstić information content (AvgIpc) is 2.64. The average molecular weight is 369 g/mol. The number of aryl methyl sites for hydroxylation is 1. The quantitative estimate of drug-likeness (QED) is 0.723. The Morgan fingerprint density at radius 1 is 1.12 bits per heavy atom. The summed E-state index contributed by atoms with van der Waals surface area (Å²) in [7, 11) is 0. The molecule has 2 heterocycles. The summed E-state index contributed by atoms with van der Waals surface area (Å²) < 4.78 is 1.38. The molecule has 2 aromatic heterocycles. The van der Waals surface area contributed by atoms with Crippen LogP contribution in [-0.2, 0) is 11.3 Å². The van der Waals surface area contributed by atoms with Crippen LogP contribution in [0.2, 0.25) is 5.02 Å². The third-order valence-electron chi connectivity index (χ3n) is 3.72. The molecule has 0 aliphatic heterocycles. The second-order valence-corrected chi connectivity index (χ2v) is 6.11. The number of aromatic nitrogens is 3. The number of nitrogens with one attached hydrogen (secondary N) is 1. The van der Waals surface area contributed by atoms with Gasteiger partial charge in [-0.1, -0.05) is 17.7 Å². The third kappa shape index (κ3) is 4.77. The van der Waals surface area contributed by atoms with Crippen molar-refractivity contribution in [2.45, 2.75) is 19.4 Å². The second-order valence-electron chi connectivity index (χ2n) is 5.68. The van der Waals surface area contributed by atoms with E-state index < -0.39 is 0 Å². The van der Waals surface area contributed by atoms with E-state index in [1.165, 1.54) is 10.7 Å². The van der Waals surface area contributed by atoms with Crippen LogP contribution in [0.15, 0.2) is 65.7 Å². The Balaban J connectivity index is 1.59. The van der Waals surface area contributed by atoms with E-state index in [0.29, 0.717) is 29.4 Å². The SMILES string of the molecule is O=C(CCCn1nc(-c2ccncc2)ccc1=O)Nc1cccc(Cl)c1. The summed E-state index contributed by atoms with van der Waals surface area (Å²) in [5.74, 6) is -0.134. The lowest BCUT2D eigenvalue weighted by atomic mass is 10.2. The molecule has 132 valence electrons. The number of anilines is 1. The summed E-state index contributed by atoms with van der Waals surface area (Å²) in [6, 6.07) is 13.8. The smallest absolute Gasteiger partial charge is 0.266 e. The van der Waals surface area contributed by atoms with Gasteiger partial charge in [-0.15, -0.1) is 0 Å². The van der Waals surface area contributed by atoms with Crippen LogP contribution >= 0.6 is 11.6 Å². The molecule has 26 heavy (non-hydrogen) atoms. The number of carbonyl (C=O) groups is 1. The molecule has 0 aliphatic rings. The summed E-state index contributed by atoms with van der Waals surface area (Å²) in [6.07, 6.45) is 4.12. The molecule has 6 nitrogen and oxygen atoms in total. The van der Waals surface area contributed by atoms with Gasteiger partial charge < -0.3 is 5.32 Å². The summed E-state index contributed by atoms with van der Waals surface area (Å²) in [5.41, 5.74) is 2.03. The van der Waals surface area contributed by atoms with Gasteiger partial charge in [0.1, 0.15) is 0 Å². The number of hydrogen-bond acceptors (Lipinski definition) is 4. The first-order valence-electron chi connectivity index (χ1n) is 8.16. The Labute approximate surface area is 155 Å². The molecule has 1 N–H and O–H groups in total. The van der Waals surface area contributed by atoms with Crippen LogP contribution < -0.4 is 10.9 Å². The van der Waals surface area contributed by atoms with E-state index in [4.69, 9.17) is 11.6 Å². The summed E-state index contributed by atoms with van der Waals surface area (Å²) >= 11 is 5.89. The van der Waals surface area contributed by atoms with Gasteiger partial charge in [-0.25, -0.2) is 4.68 Å². The molecule has 3 rings (SSSR count). The van der Waals surface area contributed by atoms with Crippen LogP contribution in [0.1, 0.15) is 12.8 Å². The maximum absolute atomic E-state index is 12.0. The van der Waals surface area contributed by atoms with E-state index >= 15 is 0 Å². The Morgan fingerprint density at radius 2 is 1.92 bits per heavy atom. The zero-order chi connectivity index (χ0) is 18.4. The first-order chi connectivity index (χ1) is 12.6. The number of pyridine rings is 1. The van der Waals surface area contributed by atoms with Crippen molar-refractivity contribution in [3.05, 3.63) is 76.3 Å². The van der Waals surface area contributed by atoms with Crippen LogP contribution in [0, 0.1) is 0 Å². The van der Waals surface area contributed by atoms with Gasteiger partial charge in [-0.3, -0.25) is 14.6 Å². The Morgan fingerprint density at radius 3 is 2.69 bits per heavy atom. The highest BCUT2D eigenvalue weighted by Crippen LogP contribution is 2.15. The van der Waals surface area contributed by atoms with Crippen LogP contribution in [0.3, 0.4) is 0 Å². The van der Waals surface area contributed by atoms with Crippen LogP contribution in [0.4, 0.5) is 5.69 Å². The zero-order valence-electron chi connectivity index (χ0n) is 13.9. The molecule has 0 bridgehead atoms. The van der Waals surface area contributed by atoms with Gasteiger partial charge in [-0.2, -0.15) is 5.10 Å². The fourth-order valence-corrected chi connectivity index (χ4v) is 2.66. The minimum atomic E-state index is -0.196. The van der Waals surface area contributed by atoms with E-state index in [2.05, 4.69) is 15.4 Å². The molecule has 0 fully saturated rings. The van der Waals surface area contributed by atoms with Gasteiger partial charge in [0, 0.05) is 47.7 Å². The number of rotatable bonds is 6. The lowest BCUT2D eigenvalue weighted by Crippen LogP contribution is -2.23. The van der Waals surface area contributed by atoms with Crippen molar-refractivity contribution >= 4 is 23.2 Å². The van der Waals surface area contributed by atoms with Gasteiger partial charge in [0.15, 0.2) is 0 Å². The normalized spacial score (nSPS) is 10.5. The first-order valence-corrected chi connectivity index (χ1v) is 8.53. The summed E-state index contributed by atoms with van der Waals surface area (Å²) in [4.78, 5) is 28.0. The van der Waals surface area contributed by atoms with Gasteiger partial charge >= 0.3 is 0 Å². The van der Waals surface area contributed by atoms with Gasteiger partial charge in [-0.05, 0) is 42.8 Å². The molecule has 1 aromatic carbocycles. The van der Waals surface area contributed by atoms with Crippen molar-refractivity contribution in [2.24, 2.45) is 0 Å². The van der Waals surface area contributed by atoms with Crippen LogP contribution in [0.25, 0.3) is 11.3 Å². The van der Waals surface area contributed by atoms with Gasteiger partial charge in [0.25, 0.3) is 5.56 Å². The second kappa shape index (κ2) is 8.40. The maximum atomic E-state index is 12.0. The fraction of sp³-hybridized carbons (Fsp3) is 0.158. The van der Waals surface area contributed by atoms with Gasteiger partial charge in [0.2, 0.25) is 5.91 Å². The monoisotopic (exact) mass is 368 g/mol. The van der Waals surface area contributed by atoms with Crippen molar-refractivity contribution in [1.82, 2.24) is 14.8 Å². The Bertz CT molecular complexity index is 957. The number of nitrogens with zero attached hydrogens (tertiary/aromatic N) is 3.